The molecule has 1 rings (SSSR count). The van der Waals surface area contributed by atoms with Gasteiger partial charge in [0.05, 0.1) is 0 Å². The van der Waals surface area contributed by atoms with Gasteiger partial charge in [0, 0.05) is 0 Å². The Morgan fingerprint density at radius 2 is 2.18 bits per heavy atom. The molecule has 0 aromatic carbocycles. The molecule has 0 radical (unpaired) electrons. The van der Waals surface area contributed by atoms with Crippen LogP contribution in [0.25, 0.3) is 0 Å². The van der Waals surface area contributed by atoms with Crippen molar-refractivity contribution in [3.05, 3.63) is 10.6 Å². The number of aromatic nitrogens is 2. The maximum atomic E-state index is 10.6. The van der Waals surface area contributed by atoms with Crippen molar-refractivity contribution in [2.75, 3.05) is 0 Å². The first-order valence-corrected chi connectivity index (χ1v) is 3.64. The summed E-state index contributed by atoms with van der Waals surface area (Å²) in [5.41, 5.74) is -0.338. The standard InChI is InChI=1S/C4H2N2O3S2/c7-3(8)1-2(4(9)10)11-6-5-1/h(H,7,8)(H,9,10). The summed E-state index contributed by atoms with van der Waals surface area (Å²) in [5.74, 6) is -1.27. The second kappa shape index (κ2) is 2.97. The van der Waals surface area contributed by atoms with Gasteiger partial charge in [0.2, 0.25) is 5.12 Å². The molecule has 0 bridgehead atoms. The summed E-state index contributed by atoms with van der Waals surface area (Å²) in [4.78, 5) is 20.8. The molecule has 0 saturated carbocycles. The first-order chi connectivity index (χ1) is 5.13. The van der Waals surface area contributed by atoms with Gasteiger partial charge >= 0.3 is 5.97 Å². The number of hydrogen-bond donors (Lipinski definition) is 2. The van der Waals surface area contributed by atoms with E-state index < -0.39 is 11.1 Å². The van der Waals surface area contributed by atoms with Crippen molar-refractivity contribution in [1.29, 1.82) is 0 Å². The molecule has 0 aliphatic rings. The van der Waals surface area contributed by atoms with Gasteiger partial charge in [-0.2, -0.15) is 0 Å². The summed E-state index contributed by atoms with van der Waals surface area (Å²) in [6, 6.07) is 0. The first-order valence-electron chi connectivity index (χ1n) is 2.42. The lowest BCUT2D eigenvalue weighted by molar-refractivity contribution is 0.0687. The van der Waals surface area contributed by atoms with Crippen LogP contribution in [0, 0.1) is 0 Å². The molecule has 1 aromatic rings. The molecule has 1 N–H and O–H groups in total. The van der Waals surface area contributed by atoms with E-state index in [0.717, 1.165) is 11.5 Å². The van der Waals surface area contributed by atoms with E-state index in [2.05, 4.69) is 22.2 Å². The highest BCUT2D eigenvalue weighted by molar-refractivity contribution is 7.97. The van der Waals surface area contributed by atoms with Gasteiger partial charge in [0.15, 0.2) is 5.69 Å². The summed E-state index contributed by atoms with van der Waals surface area (Å²) in [7, 11) is 0. The highest BCUT2D eigenvalue weighted by Crippen LogP contribution is 2.12. The maximum Gasteiger partial charge on any atom is 0.358 e. The molecule has 1 aromatic heterocycles. The number of carboxylic acids is 1. The van der Waals surface area contributed by atoms with E-state index in [4.69, 9.17) is 5.11 Å². The Morgan fingerprint density at radius 1 is 1.55 bits per heavy atom. The molecule has 0 saturated heterocycles. The van der Waals surface area contributed by atoms with Gasteiger partial charge in [-0.1, -0.05) is 17.1 Å². The third kappa shape index (κ3) is 1.55. The molecule has 0 atom stereocenters. The van der Waals surface area contributed by atoms with E-state index in [-0.39, 0.29) is 10.6 Å². The molecule has 58 valence electrons. The summed E-state index contributed by atoms with van der Waals surface area (Å²) in [5, 5.41) is 11.0. The minimum absolute atomic E-state index is 0.0409. The predicted octanol–water partition coefficient (Wildman–Crippen LogP) is 0.306. The summed E-state index contributed by atoms with van der Waals surface area (Å²) in [6.07, 6.45) is 0. The second-order valence-electron chi connectivity index (χ2n) is 1.56. The highest BCUT2D eigenvalue weighted by atomic mass is 32.1. The van der Waals surface area contributed by atoms with Gasteiger partial charge in [-0.15, -0.1) is 5.10 Å². The zero-order valence-corrected chi connectivity index (χ0v) is 6.72. The molecular formula is C4H2N2O3S2. The lowest BCUT2D eigenvalue weighted by Gasteiger charge is -1.86. The molecule has 0 aliphatic heterocycles. The average Bonchev–Trinajstić information content (AvgIpc) is 2.32. The number of nitrogens with zero attached hydrogens (tertiary/aromatic N) is 2. The van der Waals surface area contributed by atoms with Crippen molar-refractivity contribution >= 4 is 35.2 Å². The zero-order valence-electron chi connectivity index (χ0n) is 5.01. The summed E-state index contributed by atoms with van der Waals surface area (Å²) in [6.45, 7) is 0. The van der Waals surface area contributed by atoms with E-state index in [9.17, 15) is 9.59 Å². The van der Waals surface area contributed by atoms with E-state index in [1.807, 2.05) is 0 Å². The van der Waals surface area contributed by atoms with Crippen molar-refractivity contribution in [2.45, 2.75) is 0 Å². The van der Waals surface area contributed by atoms with Gasteiger partial charge in [-0.25, -0.2) is 4.79 Å². The molecule has 11 heavy (non-hydrogen) atoms. The van der Waals surface area contributed by atoms with Gasteiger partial charge in [-0.05, 0) is 11.5 Å². The Kier molecular flexibility index (Phi) is 2.20. The highest BCUT2D eigenvalue weighted by Gasteiger charge is 2.18. The van der Waals surface area contributed by atoms with E-state index in [0.29, 0.717) is 0 Å². The largest absolute Gasteiger partial charge is 0.476 e. The Balaban J connectivity index is 3.16. The van der Waals surface area contributed by atoms with Crippen LogP contribution in [0.1, 0.15) is 20.2 Å². The van der Waals surface area contributed by atoms with Crippen LogP contribution >= 0.6 is 24.2 Å². The van der Waals surface area contributed by atoms with E-state index in [1.54, 1.807) is 0 Å². The monoisotopic (exact) mass is 190 g/mol. The molecule has 7 heteroatoms. The number of carbonyl (C=O) groups excluding carboxylic acids is 1. The minimum Gasteiger partial charge on any atom is -0.476 e. The molecule has 1 heterocycles. The van der Waals surface area contributed by atoms with Crippen LogP contribution in [-0.4, -0.2) is 25.8 Å². The predicted molar refractivity (Wildman–Crippen MR) is 40.2 cm³/mol. The first kappa shape index (κ1) is 8.15. The Hall–Kier alpha value is -0.950. The average molecular weight is 190 g/mol. The van der Waals surface area contributed by atoms with E-state index in [1.165, 1.54) is 0 Å². The van der Waals surface area contributed by atoms with Crippen molar-refractivity contribution < 1.29 is 14.7 Å². The molecule has 0 aliphatic carbocycles. The molecule has 0 amide bonds. The van der Waals surface area contributed by atoms with Crippen LogP contribution < -0.4 is 0 Å². The van der Waals surface area contributed by atoms with Gasteiger partial charge in [-0.3, -0.25) is 4.79 Å². The fraction of sp³-hybridized carbons (Fsp3) is 0. The van der Waals surface area contributed by atoms with Crippen LogP contribution in [0.2, 0.25) is 0 Å². The minimum atomic E-state index is -1.27. The number of hydrogen-bond acceptors (Lipinski definition) is 5. The Bertz CT molecular complexity index is 280. The molecule has 5 nitrogen and oxygen atoms in total. The number of aromatic carboxylic acids is 1. The fourth-order valence-electron chi connectivity index (χ4n) is 0.471. The van der Waals surface area contributed by atoms with Gasteiger partial charge < -0.3 is 5.11 Å². The van der Waals surface area contributed by atoms with Crippen molar-refractivity contribution in [3.63, 3.8) is 0 Å². The molecular weight excluding hydrogens is 188 g/mol. The van der Waals surface area contributed by atoms with Crippen molar-refractivity contribution in [3.8, 4) is 0 Å². The number of rotatable bonds is 2. The van der Waals surface area contributed by atoms with Crippen LogP contribution in [0.4, 0.5) is 0 Å². The van der Waals surface area contributed by atoms with Crippen LogP contribution in [0.3, 0.4) is 0 Å². The molecule has 0 unspecified atom stereocenters. The van der Waals surface area contributed by atoms with Gasteiger partial charge in [0.25, 0.3) is 0 Å². The lowest BCUT2D eigenvalue weighted by atomic mass is 10.4. The zero-order chi connectivity index (χ0) is 8.43. The Labute approximate surface area is 70.6 Å². The van der Waals surface area contributed by atoms with Crippen LogP contribution in [0.5, 0.6) is 0 Å². The third-order valence-corrected chi connectivity index (χ3v) is 1.98. The SMILES string of the molecule is O=C(O)c1nnsc1C(=O)S. The summed E-state index contributed by atoms with van der Waals surface area (Å²) >= 11 is 4.16. The number of carboxylic acid groups (broad SMARTS) is 1. The number of thiol groups is 1. The number of carbonyl (C=O) groups is 2. The normalized spacial score (nSPS) is 9.55. The molecule has 0 fully saturated rings. The maximum absolute atomic E-state index is 10.6. The van der Waals surface area contributed by atoms with Crippen molar-refractivity contribution in [1.82, 2.24) is 9.59 Å². The smallest absolute Gasteiger partial charge is 0.358 e. The third-order valence-electron chi connectivity index (χ3n) is 0.885. The quantitative estimate of drug-likeness (QED) is 0.656. The van der Waals surface area contributed by atoms with Crippen LogP contribution in [-0.2, 0) is 0 Å². The van der Waals surface area contributed by atoms with Crippen LogP contribution in [0.15, 0.2) is 0 Å². The molecule has 0 spiro atoms. The second-order valence-corrected chi connectivity index (χ2v) is 2.72. The van der Waals surface area contributed by atoms with E-state index >= 15 is 0 Å². The van der Waals surface area contributed by atoms with Gasteiger partial charge in [0.1, 0.15) is 4.88 Å². The Morgan fingerprint density at radius 3 is 2.55 bits per heavy atom. The summed E-state index contributed by atoms with van der Waals surface area (Å²) < 4.78 is 3.31. The topological polar surface area (TPSA) is 80.2 Å². The van der Waals surface area contributed by atoms with Crippen molar-refractivity contribution in [2.24, 2.45) is 0 Å². The lowest BCUT2D eigenvalue weighted by Crippen LogP contribution is -2.02. The fourth-order valence-corrected chi connectivity index (χ4v) is 1.20.